The molecule has 7 nitrogen and oxygen atoms in total. The van der Waals surface area contributed by atoms with E-state index in [0.717, 1.165) is 0 Å². The van der Waals surface area contributed by atoms with Gasteiger partial charge in [0.1, 0.15) is 5.56 Å². The zero-order chi connectivity index (χ0) is 15.4. The van der Waals surface area contributed by atoms with Gasteiger partial charge in [-0.3, -0.25) is 9.59 Å². The van der Waals surface area contributed by atoms with Gasteiger partial charge in [0.15, 0.2) is 0 Å². The fourth-order valence-electron chi connectivity index (χ4n) is 2.24. The number of amides is 2. The van der Waals surface area contributed by atoms with Crippen LogP contribution in [0.3, 0.4) is 0 Å². The van der Waals surface area contributed by atoms with Gasteiger partial charge in [0.2, 0.25) is 0 Å². The number of carbonyl (C=O) groups excluding carboxylic acids is 2. The van der Waals surface area contributed by atoms with Crippen LogP contribution in [0.5, 0.6) is 0 Å². The minimum absolute atomic E-state index is 0.157. The molecule has 1 aromatic rings. The van der Waals surface area contributed by atoms with Gasteiger partial charge in [-0.2, -0.15) is 0 Å². The lowest BCUT2D eigenvalue weighted by Gasteiger charge is -2.33. The number of rotatable bonds is 2. The van der Waals surface area contributed by atoms with Crippen LogP contribution >= 0.6 is 0 Å². The predicted molar refractivity (Wildman–Crippen MR) is 76.2 cm³/mol. The molecule has 21 heavy (non-hydrogen) atoms. The molecule has 0 aromatic carbocycles. The Kier molecular flexibility index (Phi) is 4.62. The first-order chi connectivity index (χ1) is 10.0. The molecule has 1 fully saturated rings. The highest BCUT2D eigenvalue weighted by atomic mass is 16.6. The van der Waals surface area contributed by atoms with Gasteiger partial charge in [-0.1, -0.05) is 0 Å². The number of hydrogen-bond acceptors (Lipinski definition) is 4. The van der Waals surface area contributed by atoms with E-state index in [1.54, 1.807) is 36.0 Å². The van der Waals surface area contributed by atoms with Crippen LogP contribution in [0, 0.1) is 0 Å². The lowest BCUT2D eigenvalue weighted by Crippen LogP contribution is -2.51. The molecular formula is C14H19N3O4. The van der Waals surface area contributed by atoms with E-state index >= 15 is 0 Å². The lowest BCUT2D eigenvalue weighted by atomic mass is 10.2. The molecule has 2 amide bonds. The molecule has 0 radical (unpaired) electrons. The van der Waals surface area contributed by atoms with E-state index in [-0.39, 0.29) is 23.1 Å². The monoisotopic (exact) mass is 293 g/mol. The Bertz CT molecular complexity index is 588. The van der Waals surface area contributed by atoms with Crippen molar-refractivity contribution in [2.45, 2.75) is 6.92 Å². The zero-order valence-electron chi connectivity index (χ0n) is 12.2. The fourth-order valence-corrected chi connectivity index (χ4v) is 2.24. The Labute approximate surface area is 122 Å². The first kappa shape index (κ1) is 15.1. The first-order valence-electron chi connectivity index (χ1n) is 6.91. The smallest absolute Gasteiger partial charge is 0.409 e. The van der Waals surface area contributed by atoms with Gasteiger partial charge >= 0.3 is 6.09 Å². The third-order valence-corrected chi connectivity index (χ3v) is 3.45. The number of carbonyl (C=O) groups is 2. The molecular weight excluding hydrogens is 274 g/mol. The topological polar surface area (TPSA) is 71.8 Å². The summed E-state index contributed by atoms with van der Waals surface area (Å²) in [4.78, 5) is 39.0. The number of aryl methyl sites for hydroxylation is 1. The maximum Gasteiger partial charge on any atom is 0.409 e. The standard InChI is InChI=1S/C14H19N3O4/c1-3-21-14(20)17-9-7-16(8-10-17)13(19)11-5-4-6-15(2)12(11)18/h4-6H,3,7-10H2,1-2H3. The normalized spacial score (nSPS) is 15.0. The Hall–Kier alpha value is -2.31. The van der Waals surface area contributed by atoms with Gasteiger partial charge < -0.3 is 19.1 Å². The highest BCUT2D eigenvalue weighted by molar-refractivity contribution is 5.94. The molecule has 7 heteroatoms. The summed E-state index contributed by atoms with van der Waals surface area (Å²) in [6.45, 7) is 3.71. The van der Waals surface area contributed by atoms with E-state index in [2.05, 4.69) is 0 Å². The molecule has 1 saturated heterocycles. The fraction of sp³-hybridized carbons (Fsp3) is 0.500. The third-order valence-electron chi connectivity index (χ3n) is 3.45. The molecule has 0 N–H and O–H groups in total. The second-order valence-electron chi connectivity index (χ2n) is 4.82. The average molecular weight is 293 g/mol. The number of aromatic nitrogens is 1. The van der Waals surface area contributed by atoms with Gasteiger partial charge in [-0.25, -0.2) is 4.79 Å². The number of hydrogen-bond donors (Lipinski definition) is 0. The summed E-state index contributed by atoms with van der Waals surface area (Å²) in [6.07, 6.45) is 1.25. The van der Waals surface area contributed by atoms with Crippen LogP contribution in [0.25, 0.3) is 0 Å². The summed E-state index contributed by atoms with van der Waals surface area (Å²) in [6, 6.07) is 3.20. The van der Waals surface area contributed by atoms with Crippen LogP contribution in [0.4, 0.5) is 4.79 Å². The molecule has 0 atom stereocenters. The molecule has 1 aromatic heterocycles. The minimum atomic E-state index is -0.361. The number of pyridine rings is 1. The summed E-state index contributed by atoms with van der Waals surface area (Å²) in [7, 11) is 1.61. The zero-order valence-corrected chi connectivity index (χ0v) is 12.2. The summed E-state index contributed by atoms with van der Waals surface area (Å²) in [5.41, 5.74) is -0.153. The SMILES string of the molecule is CCOC(=O)N1CCN(C(=O)c2cccn(C)c2=O)CC1. The predicted octanol–water partition coefficient (Wildman–Crippen LogP) is 0.300. The van der Waals surface area contributed by atoms with E-state index in [4.69, 9.17) is 4.74 Å². The lowest BCUT2D eigenvalue weighted by molar-refractivity contribution is 0.0568. The highest BCUT2D eigenvalue weighted by Crippen LogP contribution is 2.07. The van der Waals surface area contributed by atoms with Crippen molar-refractivity contribution in [3.63, 3.8) is 0 Å². The summed E-state index contributed by atoms with van der Waals surface area (Å²) in [5, 5.41) is 0. The van der Waals surface area contributed by atoms with Crippen molar-refractivity contribution in [1.82, 2.24) is 14.4 Å². The maximum atomic E-state index is 12.4. The van der Waals surface area contributed by atoms with Crippen molar-refractivity contribution < 1.29 is 14.3 Å². The molecule has 0 unspecified atom stereocenters. The van der Waals surface area contributed by atoms with Gasteiger partial charge in [0.05, 0.1) is 6.61 Å². The van der Waals surface area contributed by atoms with E-state index in [0.29, 0.717) is 32.8 Å². The second-order valence-corrected chi connectivity index (χ2v) is 4.82. The molecule has 1 aliphatic heterocycles. The quantitative estimate of drug-likeness (QED) is 0.786. The summed E-state index contributed by atoms with van der Waals surface area (Å²) < 4.78 is 6.30. The van der Waals surface area contributed by atoms with Crippen LogP contribution in [0.1, 0.15) is 17.3 Å². The molecule has 2 heterocycles. The van der Waals surface area contributed by atoms with Gasteiger partial charge in [-0.15, -0.1) is 0 Å². The van der Waals surface area contributed by atoms with E-state index in [1.165, 1.54) is 10.6 Å². The van der Waals surface area contributed by atoms with Crippen molar-refractivity contribution in [2.24, 2.45) is 7.05 Å². The highest BCUT2D eigenvalue weighted by Gasteiger charge is 2.26. The van der Waals surface area contributed by atoms with E-state index < -0.39 is 0 Å². The number of ether oxygens (including phenoxy) is 1. The average Bonchev–Trinajstić information content (AvgIpc) is 2.50. The Morgan fingerprint density at radius 2 is 1.81 bits per heavy atom. The van der Waals surface area contributed by atoms with E-state index in [1.807, 2.05) is 0 Å². The van der Waals surface area contributed by atoms with Crippen molar-refractivity contribution in [3.8, 4) is 0 Å². The maximum absolute atomic E-state index is 12.4. The Morgan fingerprint density at radius 1 is 1.19 bits per heavy atom. The molecule has 0 aliphatic carbocycles. The van der Waals surface area contributed by atoms with Crippen LogP contribution < -0.4 is 5.56 Å². The Balaban J connectivity index is 2.02. The van der Waals surface area contributed by atoms with Gasteiger partial charge in [0, 0.05) is 39.4 Å². The molecule has 114 valence electrons. The van der Waals surface area contributed by atoms with Gasteiger partial charge in [-0.05, 0) is 19.1 Å². The number of piperazine rings is 1. The summed E-state index contributed by atoms with van der Waals surface area (Å²) >= 11 is 0. The minimum Gasteiger partial charge on any atom is -0.450 e. The first-order valence-corrected chi connectivity index (χ1v) is 6.91. The van der Waals surface area contributed by atoms with Crippen molar-refractivity contribution in [1.29, 1.82) is 0 Å². The van der Waals surface area contributed by atoms with Crippen LogP contribution in [-0.2, 0) is 11.8 Å². The Morgan fingerprint density at radius 3 is 2.43 bits per heavy atom. The van der Waals surface area contributed by atoms with Crippen LogP contribution in [0.2, 0.25) is 0 Å². The van der Waals surface area contributed by atoms with Crippen molar-refractivity contribution in [3.05, 3.63) is 34.2 Å². The number of nitrogens with zero attached hydrogens (tertiary/aromatic N) is 3. The van der Waals surface area contributed by atoms with Crippen molar-refractivity contribution in [2.75, 3.05) is 32.8 Å². The van der Waals surface area contributed by atoms with Crippen LogP contribution in [-0.4, -0.2) is 59.2 Å². The molecule has 0 bridgehead atoms. The third kappa shape index (κ3) is 3.24. The molecule has 2 rings (SSSR count). The largest absolute Gasteiger partial charge is 0.450 e. The molecule has 1 aliphatic rings. The van der Waals surface area contributed by atoms with Crippen LogP contribution in [0.15, 0.2) is 23.1 Å². The van der Waals surface area contributed by atoms with E-state index in [9.17, 15) is 14.4 Å². The van der Waals surface area contributed by atoms with Gasteiger partial charge in [0.25, 0.3) is 11.5 Å². The van der Waals surface area contributed by atoms with Crippen molar-refractivity contribution >= 4 is 12.0 Å². The summed E-state index contributed by atoms with van der Waals surface area (Å²) in [5.74, 6) is -0.292. The molecule has 0 saturated carbocycles. The molecule has 0 spiro atoms. The second kappa shape index (κ2) is 6.43.